The van der Waals surface area contributed by atoms with Crippen molar-refractivity contribution in [3.8, 4) is 11.5 Å². The van der Waals surface area contributed by atoms with Crippen LogP contribution in [0.3, 0.4) is 0 Å². The SMILES string of the molecule is O=C(NCCO)NCc1ccc(OCc2ccccc2)c(OCc2ccccc2)c1. The van der Waals surface area contributed by atoms with E-state index in [0.717, 1.165) is 16.7 Å². The molecule has 0 radical (unpaired) electrons. The number of aliphatic hydroxyl groups excluding tert-OH is 1. The van der Waals surface area contributed by atoms with Gasteiger partial charge >= 0.3 is 6.03 Å². The lowest BCUT2D eigenvalue weighted by Gasteiger charge is -2.15. The summed E-state index contributed by atoms with van der Waals surface area (Å²) in [6.07, 6.45) is 0. The van der Waals surface area contributed by atoms with Crippen molar-refractivity contribution in [3.05, 3.63) is 95.6 Å². The van der Waals surface area contributed by atoms with Gasteiger partial charge in [-0.15, -0.1) is 0 Å². The van der Waals surface area contributed by atoms with Crippen LogP contribution >= 0.6 is 0 Å². The Balaban J connectivity index is 1.68. The molecular weight excluding hydrogens is 380 g/mol. The normalized spacial score (nSPS) is 10.3. The lowest BCUT2D eigenvalue weighted by molar-refractivity contribution is 0.234. The summed E-state index contributed by atoms with van der Waals surface area (Å²) in [5.41, 5.74) is 3.00. The van der Waals surface area contributed by atoms with Crippen molar-refractivity contribution in [3.63, 3.8) is 0 Å². The first-order valence-electron chi connectivity index (χ1n) is 9.83. The number of nitrogens with one attached hydrogen (secondary N) is 2. The molecule has 3 rings (SSSR count). The molecule has 0 aliphatic rings. The van der Waals surface area contributed by atoms with Crippen LogP contribution in [0.2, 0.25) is 0 Å². The summed E-state index contributed by atoms with van der Waals surface area (Å²) in [5, 5.41) is 14.1. The maximum Gasteiger partial charge on any atom is 0.315 e. The van der Waals surface area contributed by atoms with Gasteiger partial charge in [0.05, 0.1) is 6.61 Å². The lowest BCUT2D eigenvalue weighted by Crippen LogP contribution is -2.36. The summed E-state index contributed by atoms with van der Waals surface area (Å²) < 4.78 is 12.0. The molecule has 6 nitrogen and oxygen atoms in total. The molecule has 0 unspecified atom stereocenters. The molecule has 0 aliphatic heterocycles. The second kappa shape index (κ2) is 11.5. The number of hydrogen-bond donors (Lipinski definition) is 3. The van der Waals surface area contributed by atoms with Crippen molar-refractivity contribution >= 4 is 6.03 Å². The van der Waals surface area contributed by atoms with Crippen molar-refractivity contribution in [2.24, 2.45) is 0 Å². The number of urea groups is 1. The van der Waals surface area contributed by atoms with Gasteiger partial charge in [-0.05, 0) is 28.8 Å². The van der Waals surface area contributed by atoms with E-state index in [9.17, 15) is 4.79 Å². The highest BCUT2D eigenvalue weighted by Crippen LogP contribution is 2.30. The number of ether oxygens (including phenoxy) is 2. The number of hydrogen-bond acceptors (Lipinski definition) is 4. The number of carbonyl (C=O) groups excluding carboxylic acids is 1. The van der Waals surface area contributed by atoms with Gasteiger partial charge in [-0.1, -0.05) is 66.7 Å². The van der Waals surface area contributed by atoms with Crippen LogP contribution in [0.1, 0.15) is 16.7 Å². The van der Waals surface area contributed by atoms with E-state index in [2.05, 4.69) is 10.6 Å². The van der Waals surface area contributed by atoms with Gasteiger partial charge in [0.1, 0.15) is 13.2 Å². The van der Waals surface area contributed by atoms with E-state index in [1.807, 2.05) is 78.9 Å². The first-order valence-corrected chi connectivity index (χ1v) is 9.83. The molecule has 0 aromatic heterocycles. The highest BCUT2D eigenvalue weighted by molar-refractivity contribution is 5.73. The summed E-state index contributed by atoms with van der Waals surface area (Å²) in [6, 6.07) is 25.1. The van der Waals surface area contributed by atoms with Gasteiger partial charge in [0, 0.05) is 13.1 Å². The molecule has 30 heavy (non-hydrogen) atoms. The molecule has 2 amide bonds. The second-order valence-electron chi connectivity index (χ2n) is 6.66. The minimum atomic E-state index is -0.333. The van der Waals surface area contributed by atoms with Gasteiger partial charge in [-0.2, -0.15) is 0 Å². The zero-order valence-corrected chi connectivity index (χ0v) is 16.7. The number of aliphatic hydroxyl groups is 1. The Morgan fingerprint density at radius 1 is 0.733 bits per heavy atom. The molecule has 3 aromatic rings. The monoisotopic (exact) mass is 406 g/mol. The summed E-state index contributed by atoms with van der Waals surface area (Å²) in [7, 11) is 0. The van der Waals surface area contributed by atoms with Crippen molar-refractivity contribution in [1.29, 1.82) is 0 Å². The number of carbonyl (C=O) groups is 1. The fourth-order valence-corrected chi connectivity index (χ4v) is 2.78. The predicted octanol–water partition coefficient (Wildman–Crippen LogP) is 3.64. The Labute approximate surface area is 176 Å². The van der Waals surface area contributed by atoms with Crippen molar-refractivity contribution in [2.45, 2.75) is 19.8 Å². The molecule has 0 saturated heterocycles. The third kappa shape index (κ3) is 6.83. The average molecular weight is 406 g/mol. The Morgan fingerprint density at radius 3 is 1.93 bits per heavy atom. The standard InChI is InChI=1S/C24H26N2O4/c27-14-13-25-24(28)26-16-21-11-12-22(29-17-19-7-3-1-4-8-19)23(15-21)30-18-20-9-5-2-6-10-20/h1-12,15,27H,13-14,16-18H2,(H2,25,26,28). The smallest absolute Gasteiger partial charge is 0.315 e. The van der Waals surface area contributed by atoms with E-state index in [0.29, 0.717) is 31.3 Å². The molecule has 0 bridgehead atoms. The summed E-state index contributed by atoms with van der Waals surface area (Å²) in [4.78, 5) is 11.7. The lowest BCUT2D eigenvalue weighted by atomic mass is 10.2. The second-order valence-corrected chi connectivity index (χ2v) is 6.66. The summed E-state index contributed by atoms with van der Waals surface area (Å²) >= 11 is 0. The summed E-state index contributed by atoms with van der Waals surface area (Å²) in [5.74, 6) is 1.26. The molecular formula is C24H26N2O4. The van der Waals surface area contributed by atoms with Crippen LogP contribution in [-0.2, 0) is 19.8 Å². The third-order valence-electron chi connectivity index (χ3n) is 4.33. The van der Waals surface area contributed by atoms with E-state index in [1.54, 1.807) is 0 Å². The average Bonchev–Trinajstić information content (AvgIpc) is 2.80. The number of benzene rings is 3. The topological polar surface area (TPSA) is 79.8 Å². The fourth-order valence-electron chi connectivity index (χ4n) is 2.78. The minimum Gasteiger partial charge on any atom is -0.485 e. The molecule has 6 heteroatoms. The fraction of sp³-hybridized carbons (Fsp3) is 0.208. The number of rotatable bonds is 10. The molecule has 0 spiro atoms. The molecule has 0 aliphatic carbocycles. The Bertz CT molecular complexity index is 917. The van der Waals surface area contributed by atoms with E-state index < -0.39 is 0 Å². The summed E-state index contributed by atoms with van der Waals surface area (Å²) in [6.45, 7) is 1.29. The van der Waals surface area contributed by atoms with Crippen LogP contribution < -0.4 is 20.1 Å². The highest BCUT2D eigenvalue weighted by Gasteiger charge is 2.09. The van der Waals surface area contributed by atoms with E-state index >= 15 is 0 Å². The van der Waals surface area contributed by atoms with Crippen LogP contribution in [0.25, 0.3) is 0 Å². The molecule has 0 atom stereocenters. The third-order valence-corrected chi connectivity index (χ3v) is 4.33. The van der Waals surface area contributed by atoms with Crippen LogP contribution in [0.4, 0.5) is 4.79 Å². The molecule has 3 N–H and O–H groups in total. The van der Waals surface area contributed by atoms with Gasteiger partial charge in [0.2, 0.25) is 0 Å². The van der Waals surface area contributed by atoms with E-state index in [-0.39, 0.29) is 19.2 Å². The van der Waals surface area contributed by atoms with Gasteiger partial charge in [0.15, 0.2) is 11.5 Å². The molecule has 0 fully saturated rings. The Morgan fingerprint density at radius 2 is 1.33 bits per heavy atom. The van der Waals surface area contributed by atoms with Crippen LogP contribution in [-0.4, -0.2) is 24.3 Å². The van der Waals surface area contributed by atoms with Crippen molar-refractivity contribution < 1.29 is 19.4 Å². The zero-order chi connectivity index (χ0) is 21.0. The number of amides is 2. The minimum absolute atomic E-state index is 0.0989. The molecule has 156 valence electrons. The van der Waals surface area contributed by atoms with Crippen LogP contribution in [0.5, 0.6) is 11.5 Å². The first-order chi connectivity index (χ1) is 14.7. The largest absolute Gasteiger partial charge is 0.485 e. The Kier molecular flexibility index (Phi) is 8.12. The van der Waals surface area contributed by atoms with Crippen molar-refractivity contribution in [1.82, 2.24) is 10.6 Å². The zero-order valence-electron chi connectivity index (χ0n) is 16.7. The van der Waals surface area contributed by atoms with Crippen molar-refractivity contribution in [2.75, 3.05) is 13.2 Å². The first kappa shape index (κ1) is 21.2. The highest BCUT2D eigenvalue weighted by atomic mass is 16.5. The van der Waals surface area contributed by atoms with Gasteiger partial charge < -0.3 is 25.2 Å². The maximum absolute atomic E-state index is 11.7. The van der Waals surface area contributed by atoms with Gasteiger partial charge in [-0.3, -0.25) is 0 Å². The Hall–Kier alpha value is -3.51. The quantitative estimate of drug-likeness (QED) is 0.480. The predicted molar refractivity (Wildman–Crippen MR) is 115 cm³/mol. The molecule has 3 aromatic carbocycles. The van der Waals surface area contributed by atoms with E-state index in [4.69, 9.17) is 14.6 Å². The van der Waals surface area contributed by atoms with Gasteiger partial charge in [-0.25, -0.2) is 4.79 Å². The molecule has 0 saturated carbocycles. The van der Waals surface area contributed by atoms with E-state index in [1.165, 1.54) is 0 Å². The molecule has 0 heterocycles. The van der Waals surface area contributed by atoms with Crippen LogP contribution in [0, 0.1) is 0 Å². The maximum atomic E-state index is 11.7. The van der Waals surface area contributed by atoms with Gasteiger partial charge in [0.25, 0.3) is 0 Å². The van der Waals surface area contributed by atoms with Crippen LogP contribution in [0.15, 0.2) is 78.9 Å².